The fourth-order valence-electron chi connectivity index (χ4n) is 3.76. The molecule has 0 radical (unpaired) electrons. The maximum absolute atomic E-state index is 13.4. The lowest BCUT2D eigenvalue weighted by molar-refractivity contribution is -0.137. The summed E-state index contributed by atoms with van der Waals surface area (Å²) in [7, 11) is 0. The van der Waals surface area contributed by atoms with Gasteiger partial charge in [-0.3, -0.25) is 14.2 Å². The third-order valence-electron chi connectivity index (χ3n) is 5.16. The molecule has 1 aliphatic rings. The summed E-state index contributed by atoms with van der Waals surface area (Å²) in [6.07, 6.45) is 4.68. The van der Waals surface area contributed by atoms with Crippen LogP contribution >= 0.6 is 11.3 Å². The number of nitrogens with zero attached hydrogens (tertiary/aromatic N) is 2. The molecule has 0 spiro atoms. The van der Waals surface area contributed by atoms with E-state index >= 15 is 0 Å². The largest absolute Gasteiger partial charge is 0.481 e. The predicted octanol–water partition coefficient (Wildman–Crippen LogP) is 4.18. The number of aryl methyl sites for hydroxylation is 3. The minimum atomic E-state index is -0.845. The molecule has 6 heteroatoms. The van der Waals surface area contributed by atoms with Crippen LogP contribution in [0.5, 0.6) is 0 Å². The van der Waals surface area contributed by atoms with E-state index in [1.807, 2.05) is 31.2 Å². The zero-order valence-electron chi connectivity index (χ0n) is 15.3. The summed E-state index contributed by atoms with van der Waals surface area (Å²) < 4.78 is 1.68. The van der Waals surface area contributed by atoms with Crippen LogP contribution < -0.4 is 5.56 Å². The van der Waals surface area contributed by atoms with Gasteiger partial charge in [0.1, 0.15) is 10.7 Å². The normalized spacial score (nSPS) is 13.7. The van der Waals surface area contributed by atoms with Gasteiger partial charge in [0.2, 0.25) is 0 Å². The first kappa shape index (κ1) is 17.9. The molecule has 5 nitrogen and oxygen atoms in total. The number of hydrogen-bond donors (Lipinski definition) is 1. The van der Waals surface area contributed by atoms with Gasteiger partial charge >= 0.3 is 5.97 Å². The zero-order valence-corrected chi connectivity index (χ0v) is 16.1. The van der Waals surface area contributed by atoms with Crippen molar-refractivity contribution < 1.29 is 9.90 Å². The molecule has 0 amide bonds. The summed E-state index contributed by atoms with van der Waals surface area (Å²) in [5, 5.41) is 9.72. The molecule has 0 saturated carbocycles. The van der Waals surface area contributed by atoms with Gasteiger partial charge in [-0.2, -0.15) is 0 Å². The van der Waals surface area contributed by atoms with E-state index in [1.165, 1.54) is 10.4 Å². The Morgan fingerprint density at radius 3 is 2.70 bits per heavy atom. The van der Waals surface area contributed by atoms with E-state index in [1.54, 1.807) is 15.9 Å². The molecule has 1 aliphatic carbocycles. The van der Waals surface area contributed by atoms with E-state index < -0.39 is 5.97 Å². The van der Waals surface area contributed by atoms with Crippen LogP contribution in [0.25, 0.3) is 21.6 Å². The molecule has 0 fully saturated rings. The summed E-state index contributed by atoms with van der Waals surface area (Å²) in [4.78, 5) is 31.3. The highest BCUT2D eigenvalue weighted by atomic mass is 32.1. The Labute approximate surface area is 161 Å². The molecule has 2 aromatic heterocycles. The summed E-state index contributed by atoms with van der Waals surface area (Å²) in [6, 6.07) is 7.97. The Hall–Kier alpha value is -2.47. The summed E-state index contributed by atoms with van der Waals surface area (Å²) in [5.74, 6) is -0.210. The average Bonchev–Trinajstić information content (AvgIpc) is 3.02. The van der Waals surface area contributed by atoms with E-state index in [0.29, 0.717) is 18.8 Å². The Balaban J connectivity index is 1.89. The molecule has 1 aromatic carbocycles. The van der Waals surface area contributed by atoms with Gasteiger partial charge in [-0.05, 0) is 44.6 Å². The molecule has 4 rings (SSSR count). The van der Waals surface area contributed by atoms with Crippen molar-refractivity contribution >= 4 is 27.5 Å². The molecule has 0 unspecified atom stereocenters. The van der Waals surface area contributed by atoms with Crippen LogP contribution in [0.1, 0.15) is 41.7 Å². The van der Waals surface area contributed by atoms with Crippen molar-refractivity contribution in [3.05, 3.63) is 50.6 Å². The second-order valence-corrected chi connectivity index (χ2v) is 8.23. The number of rotatable bonds is 5. The molecule has 2 heterocycles. The van der Waals surface area contributed by atoms with Crippen LogP contribution in [0, 0.1) is 6.92 Å². The molecular formula is C21H22N2O3S. The molecular weight excluding hydrogens is 360 g/mol. The fourth-order valence-corrected chi connectivity index (χ4v) is 5.01. The lowest BCUT2D eigenvalue weighted by atomic mass is 9.97. The number of carboxylic acid groups (broad SMARTS) is 1. The van der Waals surface area contributed by atoms with Gasteiger partial charge in [-0.25, -0.2) is 4.98 Å². The zero-order chi connectivity index (χ0) is 19.0. The third-order valence-corrected chi connectivity index (χ3v) is 6.34. The lowest BCUT2D eigenvalue weighted by Gasteiger charge is -2.14. The maximum atomic E-state index is 13.4. The number of carbonyl (C=O) groups is 1. The monoisotopic (exact) mass is 382 g/mol. The molecule has 27 heavy (non-hydrogen) atoms. The van der Waals surface area contributed by atoms with E-state index in [4.69, 9.17) is 10.1 Å². The van der Waals surface area contributed by atoms with Crippen LogP contribution in [0.4, 0.5) is 0 Å². The molecule has 0 bridgehead atoms. The third kappa shape index (κ3) is 3.41. The highest BCUT2D eigenvalue weighted by Crippen LogP contribution is 2.34. The Morgan fingerprint density at radius 2 is 1.96 bits per heavy atom. The van der Waals surface area contributed by atoms with Gasteiger partial charge < -0.3 is 5.11 Å². The number of hydrogen-bond acceptors (Lipinski definition) is 4. The second kappa shape index (κ2) is 7.27. The smallest absolute Gasteiger partial charge is 0.303 e. The number of carboxylic acids is 1. The van der Waals surface area contributed by atoms with Crippen LogP contribution in [-0.4, -0.2) is 20.6 Å². The number of benzene rings is 1. The summed E-state index contributed by atoms with van der Waals surface area (Å²) in [6.45, 7) is 2.38. The molecule has 0 atom stereocenters. The lowest BCUT2D eigenvalue weighted by Crippen LogP contribution is -2.24. The second-order valence-electron chi connectivity index (χ2n) is 7.15. The topological polar surface area (TPSA) is 72.2 Å². The number of thiophene rings is 1. The van der Waals surface area contributed by atoms with Crippen molar-refractivity contribution in [3.8, 4) is 11.4 Å². The molecule has 140 valence electrons. The number of aromatic nitrogens is 2. The van der Waals surface area contributed by atoms with Gasteiger partial charge in [-0.1, -0.05) is 29.8 Å². The predicted molar refractivity (Wildman–Crippen MR) is 108 cm³/mol. The van der Waals surface area contributed by atoms with Gasteiger partial charge in [0.15, 0.2) is 0 Å². The van der Waals surface area contributed by atoms with E-state index in [0.717, 1.165) is 47.0 Å². The quantitative estimate of drug-likeness (QED) is 0.719. The first-order valence-corrected chi connectivity index (χ1v) is 10.2. The molecule has 0 aliphatic heterocycles. The highest BCUT2D eigenvalue weighted by molar-refractivity contribution is 7.18. The van der Waals surface area contributed by atoms with Crippen LogP contribution in [0.15, 0.2) is 29.1 Å². The Kier molecular flexibility index (Phi) is 4.83. The first-order valence-electron chi connectivity index (χ1n) is 9.38. The standard InChI is InChI=1S/C21H22N2O3S/c1-13-8-10-14(11-9-13)19-22-20-18(15-5-2-3-6-16(15)27-20)21(26)23(19)12-4-7-17(24)25/h8-11H,2-7,12H2,1H3,(H,24,25). The maximum Gasteiger partial charge on any atom is 0.303 e. The van der Waals surface area contributed by atoms with Crippen molar-refractivity contribution in [2.45, 2.75) is 52.0 Å². The van der Waals surface area contributed by atoms with Gasteiger partial charge in [-0.15, -0.1) is 11.3 Å². The first-order chi connectivity index (χ1) is 13.0. The average molecular weight is 382 g/mol. The van der Waals surface area contributed by atoms with Crippen molar-refractivity contribution in [2.75, 3.05) is 0 Å². The van der Waals surface area contributed by atoms with Crippen LogP contribution in [-0.2, 0) is 24.2 Å². The number of aliphatic carboxylic acids is 1. The minimum Gasteiger partial charge on any atom is -0.481 e. The van der Waals surface area contributed by atoms with Gasteiger partial charge in [0, 0.05) is 23.4 Å². The number of fused-ring (bicyclic) bond motifs is 3. The van der Waals surface area contributed by atoms with Crippen molar-refractivity contribution in [1.29, 1.82) is 0 Å². The molecule has 3 aromatic rings. The summed E-state index contributed by atoms with van der Waals surface area (Å²) >= 11 is 1.64. The summed E-state index contributed by atoms with van der Waals surface area (Å²) in [5.41, 5.74) is 3.18. The highest BCUT2D eigenvalue weighted by Gasteiger charge is 2.22. The van der Waals surface area contributed by atoms with Crippen molar-refractivity contribution in [2.24, 2.45) is 0 Å². The van der Waals surface area contributed by atoms with E-state index in [2.05, 4.69) is 0 Å². The van der Waals surface area contributed by atoms with Crippen LogP contribution in [0.2, 0.25) is 0 Å². The molecule has 1 N–H and O–H groups in total. The fraction of sp³-hybridized carbons (Fsp3) is 0.381. The van der Waals surface area contributed by atoms with Gasteiger partial charge in [0.05, 0.1) is 5.39 Å². The SMILES string of the molecule is Cc1ccc(-c2nc3sc4c(c3c(=O)n2CCCC(=O)O)CCCC4)cc1. The van der Waals surface area contributed by atoms with E-state index in [-0.39, 0.29) is 12.0 Å². The minimum absolute atomic E-state index is 0.0274. The van der Waals surface area contributed by atoms with Crippen molar-refractivity contribution in [3.63, 3.8) is 0 Å². The molecule has 0 saturated heterocycles. The Bertz CT molecular complexity index is 1060. The van der Waals surface area contributed by atoms with E-state index in [9.17, 15) is 9.59 Å². The van der Waals surface area contributed by atoms with Crippen LogP contribution in [0.3, 0.4) is 0 Å². The Morgan fingerprint density at radius 1 is 1.22 bits per heavy atom. The van der Waals surface area contributed by atoms with Crippen molar-refractivity contribution in [1.82, 2.24) is 9.55 Å². The van der Waals surface area contributed by atoms with Gasteiger partial charge in [0.25, 0.3) is 5.56 Å².